The Balaban J connectivity index is 1.85. The molecule has 2 aromatic rings. The summed E-state index contributed by atoms with van der Waals surface area (Å²) in [6, 6.07) is 0. The zero-order chi connectivity index (χ0) is 18.4. The SMILES string of the molecule is CCOC(=O)c1c(NC(=S)Nc2cnccn2)sc2c1CCCCCC2. The summed E-state index contributed by atoms with van der Waals surface area (Å²) >= 11 is 6.99. The molecule has 0 radical (unpaired) electrons. The van der Waals surface area contributed by atoms with E-state index in [-0.39, 0.29) is 5.97 Å². The molecule has 2 aromatic heterocycles. The van der Waals surface area contributed by atoms with E-state index in [1.54, 1.807) is 29.9 Å². The largest absolute Gasteiger partial charge is 0.462 e. The average molecular weight is 391 g/mol. The number of nitrogens with one attached hydrogen (secondary N) is 2. The van der Waals surface area contributed by atoms with Gasteiger partial charge >= 0.3 is 5.97 Å². The first-order chi connectivity index (χ1) is 12.7. The number of ether oxygens (including phenoxy) is 1. The minimum absolute atomic E-state index is 0.282. The summed E-state index contributed by atoms with van der Waals surface area (Å²) in [6.45, 7) is 2.17. The number of thiocarbonyl (C=S) groups is 1. The van der Waals surface area contributed by atoms with Crippen molar-refractivity contribution in [1.29, 1.82) is 0 Å². The third-order valence-electron chi connectivity index (χ3n) is 4.18. The molecular formula is C18H22N4O2S2. The number of aryl methyl sites for hydroxylation is 1. The predicted molar refractivity (Wildman–Crippen MR) is 108 cm³/mol. The fourth-order valence-electron chi connectivity index (χ4n) is 3.04. The lowest BCUT2D eigenvalue weighted by atomic mass is 9.96. The molecule has 0 unspecified atom stereocenters. The quantitative estimate of drug-likeness (QED) is 0.599. The smallest absolute Gasteiger partial charge is 0.341 e. The van der Waals surface area contributed by atoms with Gasteiger partial charge in [0.15, 0.2) is 10.9 Å². The average Bonchev–Trinajstić information content (AvgIpc) is 2.92. The van der Waals surface area contributed by atoms with Crippen LogP contribution in [-0.2, 0) is 17.6 Å². The number of thiophene rings is 1. The number of carbonyl (C=O) groups is 1. The summed E-state index contributed by atoms with van der Waals surface area (Å²) in [5.74, 6) is 0.271. The number of carbonyl (C=O) groups excluding carboxylic acids is 1. The second-order valence-corrected chi connectivity index (χ2v) is 7.53. The highest BCUT2D eigenvalue weighted by atomic mass is 32.1. The van der Waals surface area contributed by atoms with Crippen molar-refractivity contribution in [2.45, 2.75) is 45.4 Å². The Hall–Kier alpha value is -2.06. The van der Waals surface area contributed by atoms with Gasteiger partial charge in [-0.15, -0.1) is 11.3 Å². The number of hydrogen-bond donors (Lipinski definition) is 2. The van der Waals surface area contributed by atoms with Crippen molar-refractivity contribution in [3.05, 3.63) is 34.6 Å². The molecule has 2 N–H and O–H groups in total. The van der Waals surface area contributed by atoms with Crippen molar-refractivity contribution >= 4 is 45.5 Å². The number of hydrogen-bond acceptors (Lipinski definition) is 6. The summed E-state index contributed by atoms with van der Waals surface area (Å²) in [5.41, 5.74) is 1.76. The van der Waals surface area contributed by atoms with Crippen LogP contribution in [0.4, 0.5) is 10.8 Å². The first-order valence-electron chi connectivity index (χ1n) is 8.84. The van der Waals surface area contributed by atoms with Crippen LogP contribution in [0.15, 0.2) is 18.6 Å². The van der Waals surface area contributed by atoms with Crippen LogP contribution in [0.1, 0.15) is 53.4 Å². The van der Waals surface area contributed by atoms with Crippen molar-refractivity contribution in [3.63, 3.8) is 0 Å². The maximum atomic E-state index is 12.6. The van der Waals surface area contributed by atoms with Gasteiger partial charge in [0.25, 0.3) is 0 Å². The van der Waals surface area contributed by atoms with E-state index in [0.717, 1.165) is 36.2 Å². The van der Waals surface area contributed by atoms with Gasteiger partial charge in [0.05, 0.1) is 18.4 Å². The Morgan fingerprint density at radius 3 is 2.77 bits per heavy atom. The topological polar surface area (TPSA) is 76.1 Å². The highest BCUT2D eigenvalue weighted by Crippen LogP contribution is 2.37. The molecule has 26 heavy (non-hydrogen) atoms. The molecule has 6 nitrogen and oxygen atoms in total. The second kappa shape index (κ2) is 9.05. The van der Waals surface area contributed by atoms with Gasteiger partial charge in [-0.25, -0.2) is 9.78 Å². The molecule has 0 bridgehead atoms. The standard InChI is InChI=1S/C18H22N4O2S2/c1-2-24-17(23)15-12-7-5-3-4-6-8-13(12)26-16(15)22-18(25)21-14-11-19-9-10-20-14/h9-11H,2-8H2,1H3,(H2,20,21,22,25). The third-order valence-corrected chi connectivity index (χ3v) is 5.59. The van der Waals surface area contributed by atoms with Crippen molar-refractivity contribution < 1.29 is 9.53 Å². The summed E-state index contributed by atoms with van der Waals surface area (Å²) in [7, 11) is 0. The Bertz CT molecular complexity index is 777. The van der Waals surface area contributed by atoms with Gasteiger partial charge < -0.3 is 15.4 Å². The lowest BCUT2D eigenvalue weighted by Gasteiger charge is -2.12. The van der Waals surface area contributed by atoms with Crippen LogP contribution >= 0.6 is 23.6 Å². The highest BCUT2D eigenvalue weighted by molar-refractivity contribution is 7.80. The molecule has 1 aliphatic carbocycles. The molecule has 0 aromatic carbocycles. The number of nitrogens with zero attached hydrogens (tertiary/aromatic N) is 2. The molecule has 0 fully saturated rings. The van der Waals surface area contributed by atoms with Gasteiger partial charge in [-0.3, -0.25) is 4.98 Å². The monoisotopic (exact) mass is 390 g/mol. The van der Waals surface area contributed by atoms with E-state index < -0.39 is 0 Å². The molecule has 8 heteroatoms. The lowest BCUT2D eigenvalue weighted by Crippen LogP contribution is -2.21. The molecular weight excluding hydrogens is 368 g/mol. The minimum atomic E-state index is -0.282. The molecule has 0 saturated carbocycles. The second-order valence-electron chi connectivity index (χ2n) is 6.01. The van der Waals surface area contributed by atoms with Crippen LogP contribution in [0.25, 0.3) is 0 Å². The number of rotatable bonds is 4. The van der Waals surface area contributed by atoms with Crippen LogP contribution in [0, 0.1) is 0 Å². The van der Waals surface area contributed by atoms with Gasteiger partial charge in [0.2, 0.25) is 0 Å². The molecule has 0 amide bonds. The van der Waals surface area contributed by atoms with Gasteiger partial charge in [-0.2, -0.15) is 0 Å². The minimum Gasteiger partial charge on any atom is -0.462 e. The first kappa shape index (κ1) is 18.7. The summed E-state index contributed by atoms with van der Waals surface area (Å²) in [5, 5.41) is 7.29. The van der Waals surface area contributed by atoms with Gasteiger partial charge in [-0.05, 0) is 50.4 Å². The fraction of sp³-hybridized carbons (Fsp3) is 0.444. The number of esters is 1. The Morgan fingerprint density at radius 2 is 2.04 bits per heavy atom. The zero-order valence-corrected chi connectivity index (χ0v) is 16.3. The van der Waals surface area contributed by atoms with E-state index >= 15 is 0 Å². The highest BCUT2D eigenvalue weighted by Gasteiger charge is 2.25. The van der Waals surface area contributed by atoms with E-state index in [9.17, 15) is 4.79 Å². The summed E-state index contributed by atoms with van der Waals surface area (Å²) in [4.78, 5) is 22.0. The van der Waals surface area contributed by atoms with Crippen LogP contribution in [0.5, 0.6) is 0 Å². The lowest BCUT2D eigenvalue weighted by molar-refractivity contribution is 0.0526. The Morgan fingerprint density at radius 1 is 1.23 bits per heavy atom. The molecule has 0 aliphatic heterocycles. The first-order valence-corrected chi connectivity index (χ1v) is 10.1. The Kier molecular flexibility index (Phi) is 6.51. The molecule has 0 spiro atoms. The molecule has 2 heterocycles. The van der Waals surface area contributed by atoms with Crippen LogP contribution in [0.3, 0.4) is 0 Å². The number of fused-ring (bicyclic) bond motifs is 1. The van der Waals surface area contributed by atoms with E-state index in [4.69, 9.17) is 17.0 Å². The Labute approximate surface area is 162 Å². The normalized spacial score (nSPS) is 13.9. The maximum absolute atomic E-state index is 12.6. The van der Waals surface area contributed by atoms with Gasteiger partial charge in [-0.1, -0.05) is 12.8 Å². The number of anilines is 2. The van der Waals surface area contributed by atoms with Crippen molar-refractivity contribution in [3.8, 4) is 0 Å². The van der Waals surface area contributed by atoms with Crippen molar-refractivity contribution in [2.24, 2.45) is 0 Å². The molecule has 3 rings (SSSR count). The van der Waals surface area contributed by atoms with Crippen molar-refractivity contribution in [2.75, 3.05) is 17.2 Å². The predicted octanol–water partition coefficient (Wildman–Crippen LogP) is 4.18. The molecule has 1 aliphatic rings. The maximum Gasteiger partial charge on any atom is 0.341 e. The molecule has 138 valence electrons. The molecule has 0 atom stereocenters. The fourth-order valence-corrected chi connectivity index (χ4v) is 4.59. The van der Waals surface area contributed by atoms with Crippen LogP contribution in [0.2, 0.25) is 0 Å². The van der Waals surface area contributed by atoms with E-state index in [0.29, 0.717) is 23.1 Å². The van der Waals surface area contributed by atoms with E-state index in [1.807, 2.05) is 6.92 Å². The zero-order valence-electron chi connectivity index (χ0n) is 14.7. The summed E-state index contributed by atoms with van der Waals surface area (Å²) in [6.07, 6.45) is 11.4. The summed E-state index contributed by atoms with van der Waals surface area (Å²) < 4.78 is 5.31. The van der Waals surface area contributed by atoms with Gasteiger partial charge in [0, 0.05) is 17.3 Å². The number of aromatic nitrogens is 2. The molecule has 0 saturated heterocycles. The van der Waals surface area contributed by atoms with Gasteiger partial charge in [0.1, 0.15) is 5.00 Å². The van der Waals surface area contributed by atoms with E-state index in [2.05, 4.69) is 20.6 Å². The van der Waals surface area contributed by atoms with Crippen molar-refractivity contribution in [1.82, 2.24) is 9.97 Å². The van der Waals surface area contributed by atoms with E-state index in [1.165, 1.54) is 17.7 Å². The van der Waals surface area contributed by atoms with Crippen LogP contribution in [-0.4, -0.2) is 27.7 Å². The van der Waals surface area contributed by atoms with Crippen LogP contribution < -0.4 is 10.6 Å². The third kappa shape index (κ3) is 4.56.